The van der Waals surface area contributed by atoms with Crippen molar-refractivity contribution in [2.75, 3.05) is 40.9 Å². The van der Waals surface area contributed by atoms with Gasteiger partial charge in [-0.05, 0) is 31.8 Å². The molecule has 9 nitrogen and oxygen atoms in total. The maximum Gasteiger partial charge on any atom is 0.472 e. The van der Waals surface area contributed by atoms with Gasteiger partial charge in [-0.15, -0.1) is 0 Å². The highest BCUT2D eigenvalue weighted by molar-refractivity contribution is 7.47. The number of phosphoric acid groups is 1. The Balaban J connectivity index is 5.04. The van der Waals surface area contributed by atoms with Gasteiger partial charge in [-0.3, -0.25) is 18.6 Å². The number of carbonyl (C=O) groups excluding carboxylic acids is 2. The molecule has 80 heavy (non-hydrogen) atoms. The van der Waals surface area contributed by atoms with Crippen LogP contribution in [0.15, 0.2) is 12.2 Å². The minimum Gasteiger partial charge on any atom is -0.456 e. The maximum atomic E-state index is 13.6. The first-order valence-corrected chi connectivity index (χ1v) is 37.0. The summed E-state index contributed by atoms with van der Waals surface area (Å²) >= 11 is 0. The van der Waals surface area contributed by atoms with Crippen LogP contribution < -0.4 is 5.32 Å². The summed E-state index contributed by atoms with van der Waals surface area (Å²) in [6.45, 7) is 7.09. The van der Waals surface area contributed by atoms with Gasteiger partial charge in [0.05, 0.1) is 33.8 Å². The molecule has 0 aliphatic rings. The van der Waals surface area contributed by atoms with Gasteiger partial charge in [-0.25, -0.2) is 4.57 Å². The number of unbranched alkanes of at least 4 members (excludes halogenated alkanes) is 50. The minimum atomic E-state index is -4.45. The second kappa shape index (κ2) is 60.9. The Bertz CT molecular complexity index is 1370. The molecule has 1 amide bonds. The number of rotatable bonds is 66. The highest BCUT2D eigenvalue weighted by Gasteiger charge is 2.30. The van der Waals surface area contributed by atoms with Gasteiger partial charge in [-0.1, -0.05) is 341 Å². The molecule has 0 saturated heterocycles. The number of carbonyl (C=O) groups is 2. The SMILES string of the molecule is CCCCCCCCCCCC/C=C/C(OC(=O)CCCCCCCCCCCCCCCCCCCCCCC)C(COP(=O)(O)OCC[N+](C)(C)C)NC(=O)CCCCCCCCCCCCCCCCCCCCCCC. The number of hydrogen-bond donors (Lipinski definition) is 2. The van der Waals surface area contributed by atoms with Gasteiger partial charge in [0, 0.05) is 12.8 Å². The standard InChI is InChI=1S/C70H139N2O7P/c1-7-10-13-16-19-22-25-28-30-32-34-36-38-40-42-44-47-50-53-56-59-62-69(73)71-67(66-78-80(75,76)77-65-64-72(4,5)6)68(61-58-55-52-49-46-27-24-21-18-15-12-9-3)79-70(74)63-60-57-54-51-48-45-43-41-39-37-35-33-31-29-26-23-20-17-14-11-8-2/h58,61,67-68H,7-57,59-60,62-66H2,1-6H3,(H-,71,73,75,76)/p+1/b61-58+. The molecule has 0 rings (SSSR count). The summed E-state index contributed by atoms with van der Waals surface area (Å²) in [5.74, 6) is -0.477. The van der Waals surface area contributed by atoms with Crippen molar-refractivity contribution in [3.05, 3.63) is 12.2 Å². The summed E-state index contributed by atoms with van der Waals surface area (Å²) in [7, 11) is 1.52. The first-order valence-electron chi connectivity index (χ1n) is 35.5. The van der Waals surface area contributed by atoms with Crippen molar-refractivity contribution >= 4 is 19.7 Å². The zero-order chi connectivity index (χ0) is 58.6. The molecule has 2 N–H and O–H groups in total. The molecule has 0 spiro atoms. The molecule has 0 bridgehead atoms. The van der Waals surface area contributed by atoms with Gasteiger partial charge in [-0.2, -0.15) is 0 Å². The lowest BCUT2D eigenvalue weighted by Crippen LogP contribution is -2.47. The van der Waals surface area contributed by atoms with E-state index in [-0.39, 0.29) is 25.1 Å². The van der Waals surface area contributed by atoms with E-state index in [1.54, 1.807) is 0 Å². The average Bonchev–Trinajstić information content (AvgIpc) is 3.42. The van der Waals surface area contributed by atoms with Crippen LogP contribution in [0.5, 0.6) is 0 Å². The Morgan fingerprint density at radius 3 is 1.02 bits per heavy atom. The molecule has 0 aliphatic heterocycles. The number of nitrogens with one attached hydrogen (secondary N) is 1. The molecule has 10 heteroatoms. The van der Waals surface area contributed by atoms with E-state index in [0.717, 1.165) is 57.8 Å². The number of nitrogens with zero attached hydrogens (tertiary/aromatic N) is 1. The van der Waals surface area contributed by atoms with Crippen molar-refractivity contribution in [1.82, 2.24) is 5.32 Å². The monoisotopic (exact) mass is 1150 g/mol. The third kappa shape index (κ3) is 61.3. The van der Waals surface area contributed by atoms with Crippen molar-refractivity contribution in [3.8, 4) is 0 Å². The quantitative estimate of drug-likeness (QED) is 0.0205. The van der Waals surface area contributed by atoms with Gasteiger partial charge >= 0.3 is 13.8 Å². The van der Waals surface area contributed by atoms with E-state index < -0.39 is 20.0 Å². The molecule has 0 heterocycles. The third-order valence-corrected chi connectivity index (χ3v) is 17.5. The van der Waals surface area contributed by atoms with Crippen molar-refractivity contribution in [1.29, 1.82) is 0 Å². The largest absolute Gasteiger partial charge is 0.472 e. The maximum absolute atomic E-state index is 13.6. The average molecular weight is 1150 g/mol. The first kappa shape index (κ1) is 78.8. The molecule has 476 valence electrons. The predicted molar refractivity (Wildman–Crippen MR) is 347 cm³/mol. The Morgan fingerprint density at radius 1 is 0.425 bits per heavy atom. The number of phosphoric ester groups is 1. The molecule has 0 aromatic rings. The van der Waals surface area contributed by atoms with E-state index in [1.807, 2.05) is 27.2 Å². The Labute approximate surface area is 499 Å². The lowest BCUT2D eigenvalue weighted by molar-refractivity contribution is -0.870. The summed E-state index contributed by atoms with van der Waals surface area (Å²) < 4.78 is 30.8. The number of esters is 1. The molecule has 0 aromatic carbocycles. The molecule has 0 aliphatic carbocycles. The van der Waals surface area contributed by atoms with Crippen LogP contribution in [0.25, 0.3) is 0 Å². The van der Waals surface area contributed by atoms with Crippen LogP contribution in [0, 0.1) is 0 Å². The normalized spacial score (nSPS) is 13.5. The molecular weight excluding hydrogens is 1010 g/mol. The van der Waals surface area contributed by atoms with Gasteiger partial charge in [0.25, 0.3) is 0 Å². The van der Waals surface area contributed by atoms with Crippen LogP contribution in [0.1, 0.15) is 374 Å². The topological polar surface area (TPSA) is 111 Å². The van der Waals surface area contributed by atoms with Gasteiger partial charge < -0.3 is 19.4 Å². The molecule has 0 aromatic heterocycles. The highest BCUT2D eigenvalue weighted by Crippen LogP contribution is 2.43. The van der Waals surface area contributed by atoms with E-state index in [9.17, 15) is 19.0 Å². The van der Waals surface area contributed by atoms with E-state index in [4.69, 9.17) is 13.8 Å². The van der Waals surface area contributed by atoms with Gasteiger partial charge in [0.1, 0.15) is 19.3 Å². The van der Waals surface area contributed by atoms with Crippen LogP contribution >= 0.6 is 7.82 Å². The number of quaternary nitrogens is 1. The van der Waals surface area contributed by atoms with Crippen molar-refractivity contribution in [2.24, 2.45) is 0 Å². The first-order chi connectivity index (χ1) is 38.9. The fourth-order valence-corrected chi connectivity index (χ4v) is 11.7. The number of allylic oxidation sites excluding steroid dienone is 1. The predicted octanol–water partition coefficient (Wildman–Crippen LogP) is 22.3. The molecule has 0 saturated carbocycles. The van der Waals surface area contributed by atoms with Crippen molar-refractivity contribution in [2.45, 2.75) is 386 Å². The summed E-state index contributed by atoms with van der Waals surface area (Å²) in [6.07, 6.45) is 72.2. The lowest BCUT2D eigenvalue weighted by atomic mass is 10.0. The second-order valence-electron chi connectivity index (χ2n) is 25.8. The minimum absolute atomic E-state index is 0.0461. The lowest BCUT2D eigenvalue weighted by Gasteiger charge is -2.27. The number of likely N-dealkylation sites (N-methyl/N-ethyl adjacent to an activating group) is 1. The Morgan fingerprint density at radius 2 is 0.713 bits per heavy atom. The summed E-state index contributed by atoms with van der Waals surface area (Å²) in [5, 5.41) is 3.08. The van der Waals surface area contributed by atoms with Crippen LogP contribution in [-0.4, -0.2) is 74.3 Å². The Hall–Kier alpha value is -1.25. The number of ether oxygens (including phenoxy) is 1. The summed E-state index contributed by atoms with van der Waals surface area (Å²) in [6, 6.07) is -0.840. The fraction of sp³-hybridized carbons (Fsp3) is 0.943. The third-order valence-electron chi connectivity index (χ3n) is 16.5. The van der Waals surface area contributed by atoms with E-state index in [0.29, 0.717) is 23.9 Å². The molecule has 0 radical (unpaired) electrons. The molecule has 0 fully saturated rings. The Kier molecular flexibility index (Phi) is 59.9. The number of hydrogen-bond acceptors (Lipinski definition) is 6. The highest BCUT2D eigenvalue weighted by atomic mass is 31.2. The van der Waals surface area contributed by atoms with Crippen molar-refractivity contribution in [3.63, 3.8) is 0 Å². The molecular formula is C70H140N2O7P+. The van der Waals surface area contributed by atoms with Gasteiger partial charge in [0.2, 0.25) is 5.91 Å². The number of amides is 1. The van der Waals surface area contributed by atoms with Crippen LogP contribution in [-0.2, 0) is 27.9 Å². The summed E-state index contributed by atoms with van der Waals surface area (Å²) in [4.78, 5) is 37.9. The van der Waals surface area contributed by atoms with Crippen molar-refractivity contribution < 1.29 is 37.3 Å². The summed E-state index contributed by atoms with van der Waals surface area (Å²) in [5.41, 5.74) is 0. The van der Waals surface area contributed by atoms with E-state index in [1.165, 1.54) is 283 Å². The van der Waals surface area contributed by atoms with Crippen LogP contribution in [0.4, 0.5) is 0 Å². The van der Waals surface area contributed by atoms with E-state index >= 15 is 0 Å². The molecule has 3 unspecified atom stereocenters. The van der Waals surface area contributed by atoms with Gasteiger partial charge in [0.15, 0.2) is 0 Å². The zero-order valence-corrected chi connectivity index (χ0v) is 55.5. The fourth-order valence-electron chi connectivity index (χ4n) is 11.0. The molecule has 3 atom stereocenters. The van der Waals surface area contributed by atoms with E-state index in [2.05, 4.69) is 32.2 Å². The van der Waals surface area contributed by atoms with Crippen LogP contribution in [0.2, 0.25) is 0 Å². The second-order valence-corrected chi connectivity index (χ2v) is 27.2. The zero-order valence-electron chi connectivity index (χ0n) is 54.6. The van der Waals surface area contributed by atoms with Crippen LogP contribution in [0.3, 0.4) is 0 Å². The smallest absolute Gasteiger partial charge is 0.456 e.